The van der Waals surface area contributed by atoms with Crippen molar-refractivity contribution in [3.05, 3.63) is 24.3 Å². The van der Waals surface area contributed by atoms with Crippen molar-refractivity contribution in [1.29, 1.82) is 0 Å². The van der Waals surface area contributed by atoms with Crippen LogP contribution in [0, 0.1) is 5.92 Å². The summed E-state index contributed by atoms with van der Waals surface area (Å²) in [6.07, 6.45) is 5.45. The Morgan fingerprint density at radius 2 is 1.70 bits per heavy atom. The summed E-state index contributed by atoms with van der Waals surface area (Å²) in [6, 6.07) is 6.90. The normalized spacial score (nSPS) is 15.4. The van der Waals surface area contributed by atoms with Gasteiger partial charge in [0, 0.05) is 24.3 Å². The predicted octanol–water partition coefficient (Wildman–Crippen LogP) is 2.96. The van der Waals surface area contributed by atoms with Crippen molar-refractivity contribution in [3.63, 3.8) is 0 Å². The van der Waals surface area contributed by atoms with Crippen molar-refractivity contribution in [2.45, 2.75) is 32.1 Å². The summed E-state index contributed by atoms with van der Waals surface area (Å²) >= 11 is 0. The Balaban J connectivity index is 1.96. The lowest BCUT2D eigenvalue weighted by atomic mass is 9.88. The lowest BCUT2D eigenvalue weighted by Crippen LogP contribution is -2.25. The van der Waals surface area contributed by atoms with Gasteiger partial charge in [0.15, 0.2) is 0 Å². The first-order valence-electron chi connectivity index (χ1n) is 7.08. The Labute approximate surface area is 119 Å². The molecule has 0 spiro atoms. The maximum Gasteiger partial charge on any atom is 0.318 e. The average Bonchev–Trinajstić information content (AvgIpc) is 2.48. The molecule has 3 N–H and O–H groups in total. The molecule has 0 bridgehead atoms. The maximum atomic E-state index is 12.1. The number of carbonyl (C=O) groups excluding carboxylic acids is 2. The lowest BCUT2D eigenvalue weighted by molar-refractivity contribution is -0.120. The van der Waals surface area contributed by atoms with Gasteiger partial charge in [0.2, 0.25) is 5.91 Å². The predicted molar refractivity (Wildman–Crippen MR) is 79.7 cm³/mol. The highest BCUT2D eigenvalue weighted by Crippen LogP contribution is 2.25. The molecule has 20 heavy (non-hydrogen) atoms. The fourth-order valence-electron chi connectivity index (χ4n) is 2.48. The second kappa shape index (κ2) is 6.93. The van der Waals surface area contributed by atoms with Gasteiger partial charge in [-0.1, -0.05) is 25.3 Å². The van der Waals surface area contributed by atoms with Crippen LogP contribution in [0.1, 0.15) is 32.1 Å². The highest BCUT2D eigenvalue weighted by atomic mass is 16.2. The van der Waals surface area contributed by atoms with E-state index < -0.39 is 0 Å². The third-order valence-electron chi connectivity index (χ3n) is 3.59. The molecule has 3 amide bonds. The van der Waals surface area contributed by atoms with E-state index in [1.807, 2.05) is 12.1 Å². The van der Waals surface area contributed by atoms with Crippen molar-refractivity contribution in [1.82, 2.24) is 5.32 Å². The third kappa shape index (κ3) is 3.98. The van der Waals surface area contributed by atoms with Crippen LogP contribution in [0.3, 0.4) is 0 Å². The summed E-state index contributed by atoms with van der Waals surface area (Å²) in [5.41, 5.74) is 1.38. The number of rotatable bonds is 3. The van der Waals surface area contributed by atoms with Crippen LogP contribution in [0.15, 0.2) is 24.3 Å². The van der Waals surface area contributed by atoms with Gasteiger partial charge >= 0.3 is 6.03 Å². The van der Waals surface area contributed by atoms with Gasteiger partial charge in [0.25, 0.3) is 0 Å². The van der Waals surface area contributed by atoms with Crippen LogP contribution < -0.4 is 16.0 Å². The fraction of sp³-hybridized carbons (Fsp3) is 0.467. The zero-order chi connectivity index (χ0) is 14.4. The van der Waals surface area contributed by atoms with Crippen molar-refractivity contribution in [3.8, 4) is 0 Å². The standard InChI is InChI=1S/C15H21N3O2/c1-16-15(20)18-13-9-5-8-12(10-13)17-14(19)11-6-3-2-4-7-11/h5,8-11H,2-4,6-7H2,1H3,(H,17,19)(H2,16,18,20). The van der Waals surface area contributed by atoms with E-state index in [1.54, 1.807) is 19.2 Å². The summed E-state index contributed by atoms with van der Waals surface area (Å²) in [5.74, 6) is 0.209. The quantitative estimate of drug-likeness (QED) is 0.793. The number of anilines is 2. The Morgan fingerprint density at radius 3 is 2.35 bits per heavy atom. The second-order valence-electron chi connectivity index (χ2n) is 5.11. The van der Waals surface area contributed by atoms with Crippen molar-refractivity contribution < 1.29 is 9.59 Å². The van der Waals surface area contributed by atoms with Crippen LogP contribution in [0.25, 0.3) is 0 Å². The van der Waals surface area contributed by atoms with E-state index in [1.165, 1.54) is 6.42 Å². The van der Waals surface area contributed by atoms with Gasteiger partial charge in [0.05, 0.1) is 0 Å². The van der Waals surface area contributed by atoms with Gasteiger partial charge in [-0.25, -0.2) is 4.79 Å². The molecule has 0 unspecified atom stereocenters. The highest BCUT2D eigenvalue weighted by molar-refractivity contribution is 5.94. The van der Waals surface area contributed by atoms with Gasteiger partial charge in [-0.15, -0.1) is 0 Å². The third-order valence-corrected chi connectivity index (χ3v) is 3.59. The molecule has 1 aliphatic carbocycles. The summed E-state index contributed by atoms with van der Waals surface area (Å²) in [7, 11) is 1.56. The molecule has 1 fully saturated rings. The molecule has 0 atom stereocenters. The van der Waals surface area contributed by atoms with E-state index in [9.17, 15) is 9.59 Å². The number of hydrogen-bond acceptors (Lipinski definition) is 2. The van der Waals surface area contributed by atoms with E-state index in [0.29, 0.717) is 5.69 Å². The van der Waals surface area contributed by atoms with Crippen LogP contribution in [-0.2, 0) is 4.79 Å². The molecule has 0 saturated heterocycles. The van der Waals surface area contributed by atoms with Gasteiger partial charge in [0.1, 0.15) is 0 Å². The van der Waals surface area contributed by atoms with Crippen molar-refractivity contribution >= 4 is 23.3 Å². The number of urea groups is 1. The fourth-order valence-corrected chi connectivity index (χ4v) is 2.48. The summed E-state index contributed by atoms with van der Waals surface area (Å²) in [6.45, 7) is 0. The molecule has 1 aromatic rings. The summed E-state index contributed by atoms with van der Waals surface area (Å²) < 4.78 is 0. The van der Waals surface area contributed by atoms with Gasteiger partial charge < -0.3 is 16.0 Å². The molecule has 5 heteroatoms. The smallest absolute Gasteiger partial charge is 0.318 e. The molecule has 0 aliphatic heterocycles. The number of carbonyl (C=O) groups is 2. The van der Waals surface area contributed by atoms with Crippen LogP contribution in [0.4, 0.5) is 16.2 Å². The van der Waals surface area contributed by atoms with Crippen molar-refractivity contribution in [2.24, 2.45) is 5.92 Å². The van der Waals surface area contributed by atoms with Gasteiger partial charge in [-0.3, -0.25) is 4.79 Å². The molecule has 108 valence electrons. The van der Waals surface area contributed by atoms with Gasteiger partial charge in [-0.05, 0) is 31.0 Å². The molecule has 1 saturated carbocycles. The van der Waals surface area contributed by atoms with E-state index in [2.05, 4.69) is 16.0 Å². The maximum absolute atomic E-state index is 12.1. The molecule has 0 heterocycles. The Morgan fingerprint density at radius 1 is 1.05 bits per heavy atom. The molecule has 0 aromatic heterocycles. The number of nitrogens with one attached hydrogen (secondary N) is 3. The van der Waals surface area contributed by atoms with E-state index >= 15 is 0 Å². The largest absolute Gasteiger partial charge is 0.341 e. The Bertz CT molecular complexity index is 482. The average molecular weight is 275 g/mol. The first kappa shape index (κ1) is 14.4. The molecule has 0 radical (unpaired) electrons. The topological polar surface area (TPSA) is 70.2 Å². The number of hydrogen-bond donors (Lipinski definition) is 3. The van der Waals surface area contributed by atoms with Gasteiger partial charge in [-0.2, -0.15) is 0 Å². The first-order valence-corrected chi connectivity index (χ1v) is 7.08. The Kier molecular flexibility index (Phi) is 4.98. The van der Waals surface area contributed by atoms with Crippen LogP contribution in [0.2, 0.25) is 0 Å². The van der Waals surface area contributed by atoms with Crippen LogP contribution >= 0.6 is 0 Å². The lowest BCUT2D eigenvalue weighted by Gasteiger charge is -2.20. The first-order chi connectivity index (χ1) is 9.69. The molecular weight excluding hydrogens is 254 g/mol. The highest BCUT2D eigenvalue weighted by Gasteiger charge is 2.20. The second-order valence-corrected chi connectivity index (χ2v) is 5.11. The number of benzene rings is 1. The van der Waals surface area contributed by atoms with Crippen LogP contribution in [0.5, 0.6) is 0 Å². The number of amides is 3. The molecule has 1 aliphatic rings. The van der Waals surface area contributed by atoms with E-state index in [-0.39, 0.29) is 17.9 Å². The molecule has 1 aromatic carbocycles. The van der Waals surface area contributed by atoms with Crippen LogP contribution in [-0.4, -0.2) is 19.0 Å². The molecular formula is C15H21N3O2. The molecule has 5 nitrogen and oxygen atoms in total. The zero-order valence-electron chi connectivity index (χ0n) is 11.7. The SMILES string of the molecule is CNC(=O)Nc1cccc(NC(=O)C2CCCCC2)c1. The van der Waals surface area contributed by atoms with E-state index in [0.717, 1.165) is 31.4 Å². The Hall–Kier alpha value is -2.04. The molecule has 2 rings (SSSR count). The monoisotopic (exact) mass is 275 g/mol. The summed E-state index contributed by atoms with van der Waals surface area (Å²) in [4.78, 5) is 23.4. The summed E-state index contributed by atoms with van der Waals surface area (Å²) in [5, 5.41) is 8.10. The van der Waals surface area contributed by atoms with Crippen molar-refractivity contribution in [2.75, 3.05) is 17.7 Å². The zero-order valence-corrected chi connectivity index (χ0v) is 11.7. The minimum atomic E-state index is -0.277. The van der Waals surface area contributed by atoms with E-state index in [4.69, 9.17) is 0 Å². The minimum Gasteiger partial charge on any atom is -0.341 e. The minimum absolute atomic E-state index is 0.0850.